The summed E-state index contributed by atoms with van der Waals surface area (Å²) < 4.78 is 23.5. The monoisotopic (exact) mass is 297 g/mol. The van der Waals surface area contributed by atoms with Crippen molar-refractivity contribution < 1.29 is 23.8 Å². The van der Waals surface area contributed by atoms with Gasteiger partial charge in [-0.1, -0.05) is 0 Å². The van der Waals surface area contributed by atoms with Crippen LogP contribution in [0, 0.1) is 5.82 Å². The van der Waals surface area contributed by atoms with Crippen LogP contribution in [0.2, 0.25) is 0 Å². The number of benzene rings is 1. The highest BCUT2D eigenvalue weighted by Gasteiger charge is 2.23. The lowest BCUT2D eigenvalue weighted by atomic mass is 10.2. The summed E-state index contributed by atoms with van der Waals surface area (Å²) >= 11 is 0. The quantitative estimate of drug-likeness (QED) is 0.802. The van der Waals surface area contributed by atoms with Crippen LogP contribution in [-0.4, -0.2) is 54.9 Å². The van der Waals surface area contributed by atoms with Gasteiger partial charge in [-0.2, -0.15) is 0 Å². The molecule has 1 aliphatic heterocycles. The molecule has 0 spiro atoms. The van der Waals surface area contributed by atoms with Crippen molar-refractivity contribution >= 4 is 5.91 Å². The highest BCUT2D eigenvalue weighted by Crippen LogP contribution is 2.12. The zero-order valence-electron chi connectivity index (χ0n) is 11.8. The number of carbonyl (C=O) groups is 1. The van der Waals surface area contributed by atoms with Crippen LogP contribution in [0.5, 0.6) is 5.75 Å². The molecule has 1 fully saturated rings. The van der Waals surface area contributed by atoms with E-state index in [4.69, 9.17) is 14.6 Å². The van der Waals surface area contributed by atoms with Gasteiger partial charge in [-0.05, 0) is 30.7 Å². The Bertz CT molecular complexity index is 451. The standard InChI is InChI=1S/C15H20FNO4/c16-12-3-5-13(6-4-12)20-8-1-2-15(19)17-7-9-21-14(10-17)11-18/h3-6,14,18H,1-2,7-11H2. The Morgan fingerprint density at radius 1 is 1.43 bits per heavy atom. The minimum absolute atomic E-state index is 0.0412. The molecule has 0 radical (unpaired) electrons. The maximum Gasteiger partial charge on any atom is 0.222 e. The van der Waals surface area contributed by atoms with Crippen LogP contribution in [0.25, 0.3) is 0 Å². The Hall–Kier alpha value is -1.66. The van der Waals surface area contributed by atoms with Gasteiger partial charge in [-0.3, -0.25) is 4.79 Å². The van der Waals surface area contributed by atoms with Crippen LogP contribution >= 0.6 is 0 Å². The average Bonchev–Trinajstić information content (AvgIpc) is 2.53. The number of aliphatic hydroxyl groups excluding tert-OH is 1. The highest BCUT2D eigenvalue weighted by molar-refractivity contribution is 5.76. The minimum Gasteiger partial charge on any atom is -0.494 e. The van der Waals surface area contributed by atoms with Crippen molar-refractivity contribution in [3.8, 4) is 5.75 Å². The summed E-state index contributed by atoms with van der Waals surface area (Å²) in [6.45, 7) is 1.80. The van der Waals surface area contributed by atoms with Crippen LogP contribution in [0.4, 0.5) is 4.39 Å². The van der Waals surface area contributed by atoms with Crippen molar-refractivity contribution in [2.75, 3.05) is 32.9 Å². The molecule has 5 nitrogen and oxygen atoms in total. The third-order valence-corrected chi connectivity index (χ3v) is 3.31. The summed E-state index contributed by atoms with van der Waals surface area (Å²) in [5.41, 5.74) is 0. The van der Waals surface area contributed by atoms with Crippen LogP contribution < -0.4 is 4.74 Å². The van der Waals surface area contributed by atoms with Crippen molar-refractivity contribution in [1.29, 1.82) is 0 Å². The Morgan fingerprint density at radius 3 is 2.90 bits per heavy atom. The third-order valence-electron chi connectivity index (χ3n) is 3.31. The normalized spacial score (nSPS) is 18.6. The van der Waals surface area contributed by atoms with Gasteiger partial charge in [0.15, 0.2) is 0 Å². The number of rotatable bonds is 6. The zero-order chi connectivity index (χ0) is 15.1. The number of morpholine rings is 1. The fourth-order valence-electron chi connectivity index (χ4n) is 2.16. The number of aliphatic hydroxyl groups is 1. The van der Waals surface area contributed by atoms with Gasteiger partial charge in [0, 0.05) is 19.5 Å². The topological polar surface area (TPSA) is 59.0 Å². The van der Waals surface area contributed by atoms with E-state index in [1.165, 1.54) is 12.1 Å². The summed E-state index contributed by atoms with van der Waals surface area (Å²) in [6.07, 6.45) is 0.703. The highest BCUT2D eigenvalue weighted by atomic mass is 19.1. The van der Waals surface area contributed by atoms with Crippen LogP contribution in [-0.2, 0) is 9.53 Å². The van der Waals surface area contributed by atoms with Gasteiger partial charge in [0.05, 0.1) is 25.9 Å². The van der Waals surface area contributed by atoms with Crippen molar-refractivity contribution in [2.45, 2.75) is 18.9 Å². The van der Waals surface area contributed by atoms with Crippen molar-refractivity contribution in [3.05, 3.63) is 30.1 Å². The average molecular weight is 297 g/mol. The zero-order valence-corrected chi connectivity index (χ0v) is 11.8. The molecule has 1 unspecified atom stereocenters. The van der Waals surface area contributed by atoms with E-state index in [1.54, 1.807) is 17.0 Å². The molecule has 1 heterocycles. The Labute approximate surface area is 123 Å². The number of hydrogen-bond acceptors (Lipinski definition) is 4. The van der Waals surface area contributed by atoms with E-state index in [0.29, 0.717) is 44.9 Å². The summed E-state index contributed by atoms with van der Waals surface area (Å²) in [6, 6.07) is 5.79. The van der Waals surface area contributed by atoms with Crippen molar-refractivity contribution in [1.82, 2.24) is 4.90 Å². The fourth-order valence-corrected chi connectivity index (χ4v) is 2.16. The molecule has 1 aromatic carbocycles. The first-order valence-corrected chi connectivity index (χ1v) is 7.07. The molecule has 0 saturated carbocycles. The lowest BCUT2D eigenvalue weighted by Gasteiger charge is -2.32. The smallest absolute Gasteiger partial charge is 0.222 e. The second-order valence-corrected chi connectivity index (χ2v) is 4.92. The Kier molecular flexibility index (Phi) is 5.95. The maximum atomic E-state index is 12.7. The molecule has 1 aliphatic rings. The summed E-state index contributed by atoms with van der Waals surface area (Å²) in [5.74, 6) is 0.332. The van der Waals surface area contributed by atoms with Gasteiger partial charge >= 0.3 is 0 Å². The van der Waals surface area contributed by atoms with E-state index in [1.807, 2.05) is 0 Å². The lowest BCUT2D eigenvalue weighted by molar-refractivity contribution is -0.140. The number of carbonyl (C=O) groups excluding carboxylic acids is 1. The van der Waals surface area contributed by atoms with Gasteiger partial charge in [-0.25, -0.2) is 4.39 Å². The second-order valence-electron chi connectivity index (χ2n) is 4.92. The number of amides is 1. The predicted molar refractivity (Wildman–Crippen MR) is 74.5 cm³/mol. The van der Waals surface area contributed by atoms with Crippen LogP contribution in [0.1, 0.15) is 12.8 Å². The molecule has 21 heavy (non-hydrogen) atoms. The van der Waals surface area contributed by atoms with Gasteiger partial charge in [0.25, 0.3) is 0 Å². The number of hydrogen-bond donors (Lipinski definition) is 1. The molecule has 1 saturated heterocycles. The molecule has 0 aromatic heterocycles. The molecule has 6 heteroatoms. The van der Waals surface area contributed by atoms with Crippen molar-refractivity contribution in [3.63, 3.8) is 0 Å². The predicted octanol–water partition coefficient (Wildman–Crippen LogP) is 1.20. The maximum absolute atomic E-state index is 12.7. The Balaban J connectivity index is 1.66. The number of nitrogens with zero attached hydrogens (tertiary/aromatic N) is 1. The second kappa shape index (κ2) is 7.95. The first-order valence-electron chi connectivity index (χ1n) is 7.07. The van der Waals surface area contributed by atoms with E-state index in [2.05, 4.69) is 0 Å². The molecule has 0 bridgehead atoms. The van der Waals surface area contributed by atoms with Gasteiger partial charge < -0.3 is 19.5 Å². The molecule has 1 atom stereocenters. The molecular formula is C15H20FNO4. The van der Waals surface area contributed by atoms with Gasteiger partial charge in [0.1, 0.15) is 11.6 Å². The summed E-state index contributed by atoms with van der Waals surface area (Å²) in [5, 5.41) is 9.04. The van der Waals surface area contributed by atoms with E-state index < -0.39 is 0 Å². The van der Waals surface area contributed by atoms with Crippen molar-refractivity contribution in [2.24, 2.45) is 0 Å². The lowest BCUT2D eigenvalue weighted by Crippen LogP contribution is -2.46. The van der Waals surface area contributed by atoms with E-state index in [-0.39, 0.29) is 24.4 Å². The molecule has 0 aliphatic carbocycles. The molecular weight excluding hydrogens is 277 g/mol. The summed E-state index contributed by atoms with van der Waals surface area (Å²) in [7, 11) is 0. The van der Waals surface area contributed by atoms with Crippen LogP contribution in [0.15, 0.2) is 24.3 Å². The summed E-state index contributed by atoms with van der Waals surface area (Å²) in [4.78, 5) is 13.7. The van der Waals surface area contributed by atoms with E-state index in [0.717, 1.165) is 0 Å². The van der Waals surface area contributed by atoms with Crippen LogP contribution in [0.3, 0.4) is 0 Å². The first-order chi connectivity index (χ1) is 10.2. The largest absolute Gasteiger partial charge is 0.494 e. The number of ether oxygens (including phenoxy) is 2. The SMILES string of the molecule is O=C(CCCOc1ccc(F)cc1)N1CCOC(CO)C1. The molecule has 116 valence electrons. The van der Waals surface area contributed by atoms with Gasteiger partial charge in [0.2, 0.25) is 5.91 Å². The molecule has 1 N–H and O–H groups in total. The van der Waals surface area contributed by atoms with Gasteiger partial charge in [-0.15, -0.1) is 0 Å². The molecule has 1 aromatic rings. The Morgan fingerprint density at radius 2 is 2.19 bits per heavy atom. The molecule has 1 amide bonds. The minimum atomic E-state index is -0.303. The third kappa shape index (κ3) is 4.99. The molecule has 2 rings (SSSR count). The van der Waals surface area contributed by atoms with E-state index in [9.17, 15) is 9.18 Å². The fraction of sp³-hybridized carbons (Fsp3) is 0.533. The first kappa shape index (κ1) is 15.7. The van der Waals surface area contributed by atoms with E-state index >= 15 is 0 Å². The number of halogens is 1.